The number of nitrogens with zero attached hydrogens (tertiary/aromatic N) is 2. The van der Waals surface area contributed by atoms with Gasteiger partial charge in [0, 0.05) is 17.1 Å². The topological polar surface area (TPSA) is 90.4 Å². The van der Waals surface area contributed by atoms with Crippen LogP contribution in [0, 0.1) is 11.3 Å². The van der Waals surface area contributed by atoms with Crippen LogP contribution in [0.1, 0.15) is 17.0 Å². The van der Waals surface area contributed by atoms with Gasteiger partial charge < -0.3 is 19.9 Å². The normalized spacial score (nSPS) is 17.6. The molecule has 1 unspecified atom stereocenters. The molecule has 5 rings (SSSR count). The van der Waals surface area contributed by atoms with Gasteiger partial charge in [0.1, 0.15) is 17.2 Å². The highest BCUT2D eigenvalue weighted by atomic mass is 16.7. The fourth-order valence-electron chi connectivity index (χ4n) is 3.49. The zero-order valence-electron chi connectivity index (χ0n) is 13.6. The summed E-state index contributed by atoms with van der Waals surface area (Å²) in [6, 6.07) is 15.6. The molecule has 126 valence electrons. The van der Waals surface area contributed by atoms with E-state index in [1.807, 2.05) is 42.5 Å². The largest absolute Gasteiger partial charge is 0.454 e. The third-order valence-corrected chi connectivity index (χ3v) is 4.69. The Hall–Kier alpha value is -3.72. The molecule has 6 heteroatoms. The highest BCUT2D eigenvalue weighted by molar-refractivity contribution is 5.87. The van der Waals surface area contributed by atoms with Crippen LogP contribution >= 0.6 is 0 Å². The van der Waals surface area contributed by atoms with Crippen LogP contribution < -0.4 is 19.9 Å². The molecule has 0 saturated carbocycles. The third-order valence-electron chi connectivity index (χ3n) is 4.69. The predicted molar refractivity (Wildman–Crippen MR) is 93.6 cm³/mol. The summed E-state index contributed by atoms with van der Waals surface area (Å²) in [5, 5.41) is 10.6. The number of allylic oxidation sites excluding steroid dienone is 1. The van der Waals surface area contributed by atoms with Crippen LogP contribution in [0.5, 0.6) is 17.2 Å². The Labute approximate surface area is 149 Å². The summed E-state index contributed by atoms with van der Waals surface area (Å²) in [5.74, 6) is 1.68. The number of pyridine rings is 1. The molecule has 1 aromatic heterocycles. The van der Waals surface area contributed by atoms with Crippen LogP contribution in [0.15, 0.2) is 60.1 Å². The summed E-state index contributed by atoms with van der Waals surface area (Å²) in [6.45, 7) is 0.195. The summed E-state index contributed by atoms with van der Waals surface area (Å²) >= 11 is 0. The van der Waals surface area contributed by atoms with Gasteiger partial charge in [0.15, 0.2) is 17.2 Å². The van der Waals surface area contributed by atoms with Gasteiger partial charge in [-0.3, -0.25) is 4.98 Å². The Morgan fingerprint density at radius 2 is 2.00 bits per heavy atom. The summed E-state index contributed by atoms with van der Waals surface area (Å²) in [4.78, 5) is 4.44. The number of ether oxygens (including phenoxy) is 3. The molecule has 0 amide bonds. The van der Waals surface area contributed by atoms with E-state index < -0.39 is 0 Å². The number of fused-ring (bicyclic) bond motifs is 4. The Morgan fingerprint density at radius 1 is 1.12 bits per heavy atom. The molecule has 3 aromatic rings. The van der Waals surface area contributed by atoms with Gasteiger partial charge in [-0.25, -0.2) is 0 Å². The summed E-state index contributed by atoms with van der Waals surface area (Å²) in [5.41, 5.74) is 8.90. The molecule has 26 heavy (non-hydrogen) atoms. The first-order chi connectivity index (χ1) is 12.8. The number of nitriles is 1. The molecule has 6 nitrogen and oxygen atoms in total. The van der Waals surface area contributed by atoms with Gasteiger partial charge in [0.2, 0.25) is 12.7 Å². The molecule has 3 heterocycles. The van der Waals surface area contributed by atoms with Crippen LogP contribution in [-0.4, -0.2) is 11.8 Å². The van der Waals surface area contributed by atoms with Crippen molar-refractivity contribution in [3.63, 3.8) is 0 Å². The second-order valence-corrected chi connectivity index (χ2v) is 6.10. The Bertz CT molecular complexity index is 1130. The Kier molecular flexibility index (Phi) is 3.03. The van der Waals surface area contributed by atoms with E-state index in [2.05, 4.69) is 11.1 Å². The van der Waals surface area contributed by atoms with E-state index in [1.165, 1.54) is 0 Å². The molecule has 2 N–H and O–H groups in total. The van der Waals surface area contributed by atoms with E-state index >= 15 is 0 Å². The molecule has 0 radical (unpaired) electrons. The highest BCUT2D eigenvalue weighted by Crippen LogP contribution is 2.46. The summed E-state index contributed by atoms with van der Waals surface area (Å²) in [7, 11) is 0. The maximum Gasteiger partial charge on any atom is 0.231 e. The van der Waals surface area contributed by atoms with Crippen LogP contribution in [-0.2, 0) is 0 Å². The van der Waals surface area contributed by atoms with Crippen molar-refractivity contribution < 1.29 is 14.2 Å². The number of benzene rings is 2. The molecular formula is C20H13N3O3. The SMILES string of the molecule is N#CC1=C(N)Oc2c(ccc3cccnc23)C1c1ccc2c(c1)OCO2. The maximum atomic E-state index is 9.69. The molecule has 0 saturated heterocycles. The van der Waals surface area contributed by atoms with Gasteiger partial charge in [-0.1, -0.05) is 24.3 Å². The quantitative estimate of drug-likeness (QED) is 0.730. The zero-order chi connectivity index (χ0) is 17.7. The summed E-state index contributed by atoms with van der Waals surface area (Å²) in [6.07, 6.45) is 1.71. The van der Waals surface area contributed by atoms with E-state index in [0.29, 0.717) is 22.8 Å². The molecular weight excluding hydrogens is 330 g/mol. The average molecular weight is 343 g/mol. The second-order valence-electron chi connectivity index (χ2n) is 6.10. The highest BCUT2D eigenvalue weighted by Gasteiger charge is 2.33. The minimum absolute atomic E-state index is 0.0980. The number of rotatable bonds is 1. The van der Waals surface area contributed by atoms with Crippen molar-refractivity contribution in [3.05, 3.63) is 71.2 Å². The fraction of sp³-hybridized carbons (Fsp3) is 0.100. The van der Waals surface area contributed by atoms with Gasteiger partial charge in [-0.15, -0.1) is 0 Å². The molecule has 2 aliphatic rings. The zero-order valence-corrected chi connectivity index (χ0v) is 13.6. The first-order valence-corrected chi connectivity index (χ1v) is 8.11. The Morgan fingerprint density at radius 3 is 2.88 bits per heavy atom. The van der Waals surface area contributed by atoms with Crippen molar-refractivity contribution in [3.8, 4) is 23.3 Å². The lowest BCUT2D eigenvalue weighted by Gasteiger charge is -2.27. The van der Waals surface area contributed by atoms with Gasteiger partial charge in [0.25, 0.3) is 0 Å². The monoisotopic (exact) mass is 343 g/mol. The molecule has 0 aliphatic carbocycles. The molecule has 0 fully saturated rings. The van der Waals surface area contributed by atoms with Crippen molar-refractivity contribution in [2.45, 2.75) is 5.92 Å². The van der Waals surface area contributed by atoms with Crippen molar-refractivity contribution in [2.24, 2.45) is 5.73 Å². The summed E-state index contributed by atoms with van der Waals surface area (Å²) < 4.78 is 16.7. The van der Waals surface area contributed by atoms with Gasteiger partial charge in [0.05, 0.1) is 5.92 Å². The van der Waals surface area contributed by atoms with E-state index in [4.69, 9.17) is 19.9 Å². The predicted octanol–water partition coefficient (Wildman–Crippen LogP) is 3.18. The fourth-order valence-corrected chi connectivity index (χ4v) is 3.49. The second kappa shape index (κ2) is 5.39. The minimum Gasteiger partial charge on any atom is -0.454 e. The number of nitrogens with two attached hydrogens (primary N) is 1. The van der Waals surface area contributed by atoms with E-state index in [-0.39, 0.29) is 18.6 Å². The van der Waals surface area contributed by atoms with E-state index in [0.717, 1.165) is 22.0 Å². The minimum atomic E-state index is -0.357. The van der Waals surface area contributed by atoms with E-state index in [9.17, 15) is 5.26 Å². The van der Waals surface area contributed by atoms with Crippen molar-refractivity contribution in [1.82, 2.24) is 4.98 Å². The first kappa shape index (κ1) is 14.6. The average Bonchev–Trinajstić information content (AvgIpc) is 3.14. The number of hydrogen-bond donors (Lipinski definition) is 1. The van der Waals surface area contributed by atoms with Crippen molar-refractivity contribution in [1.29, 1.82) is 5.26 Å². The number of hydrogen-bond acceptors (Lipinski definition) is 6. The third kappa shape index (κ3) is 2.01. The van der Waals surface area contributed by atoms with Gasteiger partial charge in [-0.2, -0.15) is 5.26 Å². The van der Waals surface area contributed by atoms with Crippen LogP contribution in [0.2, 0.25) is 0 Å². The molecule has 0 bridgehead atoms. The maximum absolute atomic E-state index is 9.69. The van der Waals surface area contributed by atoms with E-state index in [1.54, 1.807) is 6.20 Å². The smallest absolute Gasteiger partial charge is 0.231 e. The molecule has 0 spiro atoms. The standard InChI is InChI=1S/C20H13N3O3/c21-9-14-17(12-4-6-15-16(8-12)25-10-24-15)13-5-3-11-2-1-7-23-18(11)19(13)26-20(14)22/h1-8,17H,10,22H2. The van der Waals surface area contributed by atoms with Crippen LogP contribution in [0.3, 0.4) is 0 Å². The first-order valence-electron chi connectivity index (χ1n) is 8.11. The van der Waals surface area contributed by atoms with Crippen LogP contribution in [0.25, 0.3) is 10.9 Å². The van der Waals surface area contributed by atoms with Gasteiger partial charge >= 0.3 is 0 Å². The lowest BCUT2D eigenvalue weighted by molar-refractivity contribution is 0.174. The number of aromatic nitrogens is 1. The van der Waals surface area contributed by atoms with Crippen molar-refractivity contribution >= 4 is 10.9 Å². The van der Waals surface area contributed by atoms with Crippen LogP contribution in [0.4, 0.5) is 0 Å². The lowest BCUT2D eigenvalue weighted by Crippen LogP contribution is -2.21. The molecule has 2 aliphatic heterocycles. The lowest BCUT2D eigenvalue weighted by atomic mass is 9.83. The molecule has 2 aromatic carbocycles. The van der Waals surface area contributed by atoms with Gasteiger partial charge in [-0.05, 0) is 23.8 Å². The Balaban J connectivity index is 1.76. The van der Waals surface area contributed by atoms with Crippen molar-refractivity contribution in [2.75, 3.05) is 6.79 Å². The molecule has 1 atom stereocenters.